The summed E-state index contributed by atoms with van der Waals surface area (Å²) in [5, 5.41) is 13.9. The lowest BCUT2D eigenvalue weighted by Gasteiger charge is -2.04. The maximum Gasteiger partial charge on any atom is 0.270 e. The summed E-state index contributed by atoms with van der Waals surface area (Å²) in [7, 11) is 0. The molecule has 0 saturated heterocycles. The fourth-order valence-corrected chi connectivity index (χ4v) is 1.97. The lowest BCUT2D eigenvalue weighted by atomic mass is 10.4. The van der Waals surface area contributed by atoms with Gasteiger partial charge in [-0.1, -0.05) is 0 Å². The Bertz CT molecular complexity index is 527. The van der Waals surface area contributed by atoms with Gasteiger partial charge in [0.2, 0.25) is 0 Å². The predicted molar refractivity (Wildman–Crippen MR) is 67.2 cm³/mol. The van der Waals surface area contributed by atoms with Crippen LogP contribution >= 0.6 is 11.3 Å². The minimum Gasteiger partial charge on any atom is -0.392 e. The van der Waals surface area contributed by atoms with Gasteiger partial charge in [-0.3, -0.25) is 4.79 Å². The Morgan fingerprint density at radius 2 is 2.22 bits per heavy atom. The van der Waals surface area contributed by atoms with Crippen molar-refractivity contribution >= 4 is 17.2 Å². The molecule has 0 aliphatic heterocycles. The molecule has 2 heterocycles. The zero-order chi connectivity index (χ0) is 13.0. The minimum atomic E-state index is -0.579. The van der Waals surface area contributed by atoms with Crippen molar-refractivity contribution in [1.29, 1.82) is 0 Å². The summed E-state index contributed by atoms with van der Waals surface area (Å²) in [6.45, 7) is 1.80. The van der Waals surface area contributed by atoms with Gasteiger partial charge in [0.05, 0.1) is 6.10 Å². The van der Waals surface area contributed by atoms with Crippen LogP contribution in [0.1, 0.15) is 17.4 Å². The summed E-state index contributed by atoms with van der Waals surface area (Å²) in [6.07, 6.45) is 2.66. The molecule has 94 valence electrons. The van der Waals surface area contributed by atoms with Crippen LogP contribution in [0, 0.1) is 0 Å². The van der Waals surface area contributed by atoms with Gasteiger partial charge < -0.3 is 10.4 Å². The van der Waals surface area contributed by atoms with E-state index in [1.165, 1.54) is 11.3 Å². The highest BCUT2D eigenvalue weighted by Crippen LogP contribution is 2.19. The first-order chi connectivity index (χ1) is 8.66. The van der Waals surface area contributed by atoms with Gasteiger partial charge in [-0.15, -0.1) is 11.3 Å². The maximum atomic E-state index is 11.7. The van der Waals surface area contributed by atoms with Crippen molar-refractivity contribution in [1.82, 2.24) is 20.3 Å². The van der Waals surface area contributed by atoms with Gasteiger partial charge in [-0.05, 0) is 13.0 Å². The molecule has 0 saturated carbocycles. The minimum absolute atomic E-state index is 0.202. The standard InChI is InChI=1S/C11H12N4O2S/c1-7(16)5-14-10(17)8-6-18-11(15-8)9-12-3-2-4-13-9/h2-4,6-7,16H,5H2,1H3,(H,14,17). The number of hydrogen-bond acceptors (Lipinski definition) is 6. The van der Waals surface area contributed by atoms with E-state index in [1.54, 1.807) is 30.8 Å². The molecule has 6 nitrogen and oxygen atoms in total. The van der Waals surface area contributed by atoms with E-state index in [2.05, 4.69) is 20.3 Å². The van der Waals surface area contributed by atoms with E-state index in [0.717, 1.165) is 0 Å². The van der Waals surface area contributed by atoms with Crippen molar-refractivity contribution in [2.45, 2.75) is 13.0 Å². The maximum absolute atomic E-state index is 11.7. The zero-order valence-corrected chi connectivity index (χ0v) is 10.5. The number of carbonyl (C=O) groups is 1. The van der Waals surface area contributed by atoms with E-state index in [4.69, 9.17) is 5.11 Å². The number of hydrogen-bond donors (Lipinski definition) is 2. The van der Waals surface area contributed by atoms with Crippen LogP contribution in [0.25, 0.3) is 10.8 Å². The van der Waals surface area contributed by atoms with Gasteiger partial charge in [0.25, 0.3) is 5.91 Å². The Morgan fingerprint density at radius 1 is 1.50 bits per heavy atom. The molecule has 18 heavy (non-hydrogen) atoms. The molecular weight excluding hydrogens is 252 g/mol. The molecule has 0 aliphatic carbocycles. The lowest BCUT2D eigenvalue weighted by Crippen LogP contribution is -2.30. The van der Waals surface area contributed by atoms with Gasteiger partial charge in [-0.25, -0.2) is 15.0 Å². The molecule has 0 radical (unpaired) electrons. The van der Waals surface area contributed by atoms with Gasteiger partial charge in [0.1, 0.15) is 5.69 Å². The van der Waals surface area contributed by atoms with Crippen LogP contribution in [0.5, 0.6) is 0 Å². The van der Waals surface area contributed by atoms with E-state index in [-0.39, 0.29) is 12.5 Å². The smallest absolute Gasteiger partial charge is 0.270 e. The van der Waals surface area contributed by atoms with E-state index in [9.17, 15) is 4.79 Å². The van der Waals surface area contributed by atoms with Gasteiger partial charge in [0, 0.05) is 24.3 Å². The predicted octanol–water partition coefficient (Wildman–Crippen LogP) is 0.711. The third-order valence-electron chi connectivity index (χ3n) is 2.05. The molecule has 2 aromatic rings. The largest absolute Gasteiger partial charge is 0.392 e. The SMILES string of the molecule is CC(O)CNC(=O)c1csc(-c2ncccn2)n1. The molecule has 7 heteroatoms. The number of amides is 1. The molecule has 2 N–H and O–H groups in total. The molecule has 1 unspecified atom stereocenters. The number of aliphatic hydroxyl groups is 1. The Morgan fingerprint density at radius 3 is 2.89 bits per heavy atom. The van der Waals surface area contributed by atoms with E-state index >= 15 is 0 Å². The van der Waals surface area contributed by atoms with Crippen LogP contribution in [0.2, 0.25) is 0 Å². The fourth-order valence-electron chi connectivity index (χ4n) is 1.22. The number of aliphatic hydroxyl groups excluding tert-OH is 1. The lowest BCUT2D eigenvalue weighted by molar-refractivity contribution is 0.0920. The van der Waals surface area contributed by atoms with Crippen LogP contribution in [0.4, 0.5) is 0 Å². The van der Waals surface area contributed by atoms with E-state index < -0.39 is 6.10 Å². The van der Waals surface area contributed by atoms with Crippen LogP contribution < -0.4 is 5.32 Å². The zero-order valence-electron chi connectivity index (χ0n) is 9.70. The fraction of sp³-hybridized carbons (Fsp3) is 0.273. The number of carbonyl (C=O) groups excluding carboxylic acids is 1. The number of nitrogens with one attached hydrogen (secondary N) is 1. The Kier molecular flexibility index (Phi) is 3.96. The second kappa shape index (κ2) is 5.65. The van der Waals surface area contributed by atoms with Crippen molar-refractivity contribution in [3.63, 3.8) is 0 Å². The third kappa shape index (κ3) is 3.08. The molecule has 0 bridgehead atoms. The Balaban J connectivity index is 2.09. The van der Waals surface area contributed by atoms with Crippen molar-refractivity contribution in [2.75, 3.05) is 6.54 Å². The number of nitrogens with zero attached hydrogens (tertiary/aromatic N) is 3. The van der Waals surface area contributed by atoms with E-state index in [0.29, 0.717) is 16.5 Å². The Labute approximate surface area is 108 Å². The summed E-state index contributed by atoms with van der Waals surface area (Å²) in [5.74, 6) is 0.186. The highest BCUT2D eigenvalue weighted by molar-refractivity contribution is 7.13. The monoisotopic (exact) mass is 264 g/mol. The molecular formula is C11H12N4O2S. The van der Waals surface area contributed by atoms with Crippen LogP contribution in [0.3, 0.4) is 0 Å². The van der Waals surface area contributed by atoms with Gasteiger partial charge in [-0.2, -0.15) is 0 Å². The first-order valence-electron chi connectivity index (χ1n) is 5.36. The number of rotatable bonds is 4. The average molecular weight is 264 g/mol. The second-order valence-electron chi connectivity index (χ2n) is 3.67. The first-order valence-corrected chi connectivity index (χ1v) is 6.24. The Hall–Kier alpha value is -1.86. The molecule has 1 atom stereocenters. The first kappa shape index (κ1) is 12.6. The quantitative estimate of drug-likeness (QED) is 0.849. The molecule has 2 aromatic heterocycles. The molecule has 0 spiro atoms. The summed E-state index contributed by atoms with van der Waals surface area (Å²) in [5.41, 5.74) is 0.308. The third-order valence-corrected chi connectivity index (χ3v) is 2.89. The van der Waals surface area contributed by atoms with Crippen LogP contribution in [-0.2, 0) is 0 Å². The summed E-state index contributed by atoms with van der Waals surface area (Å²) < 4.78 is 0. The summed E-state index contributed by atoms with van der Waals surface area (Å²) in [6, 6.07) is 1.72. The highest BCUT2D eigenvalue weighted by Gasteiger charge is 2.13. The molecule has 0 aliphatic rings. The van der Waals surface area contributed by atoms with E-state index in [1.807, 2.05) is 0 Å². The molecule has 0 fully saturated rings. The number of aromatic nitrogens is 3. The van der Waals surface area contributed by atoms with Crippen molar-refractivity contribution in [3.05, 3.63) is 29.5 Å². The molecule has 1 amide bonds. The van der Waals surface area contributed by atoms with Gasteiger partial charge in [0.15, 0.2) is 10.8 Å². The highest BCUT2D eigenvalue weighted by atomic mass is 32.1. The average Bonchev–Trinajstić information content (AvgIpc) is 2.86. The number of thiazole rings is 1. The second-order valence-corrected chi connectivity index (χ2v) is 4.53. The van der Waals surface area contributed by atoms with Gasteiger partial charge >= 0.3 is 0 Å². The van der Waals surface area contributed by atoms with Crippen LogP contribution in [-0.4, -0.2) is 38.6 Å². The molecule has 2 rings (SSSR count). The van der Waals surface area contributed by atoms with Crippen LogP contribution in [0.15, 0.2) is 23.8 Å². The summed E-state index contributed by atoms with van der Waals surface area (Å²) >= 11 is 1.31. The normalized spacial score (nSPS) is 12.1. The molecule has 0 aromatic carbocycles. The van der Waals surface area contributed by atoms with Crippen molar-refractivity contribution < 1.29 is 9.90 Å². The summed E-state index contributed by atoms with van der Waals surface area (Å²) in [4.78, 5) is 24.0. The van der Waals surface area contributed by atoms with Crippen molar-refractivity contribution in [3.8, 4) is 10.8 Å². The topological polar surface area (TPSA) is 88.0 Å². The van der Waals surface area contributed by atoms with Crippen molar-refractivity contribution in [2.24, 2.45) is 0 Å².